The lowest BCUT2D eigenvalue weighted by Crippen LogP contribution is -2.05. The van der Waals surface area contributed by atoms with Gasteiger partial charge in [-0.1, -0.05) is 0 Å². The maximum Gasteiger partial charge on any atom is 0.203 e. The molecule has 2 aromatic carbocycles. The quantitative estimate of drug-likeness (QED) is 0.648. The lowest BCUT2D eigenvalue weighted by atomic mass is 10.0. The largest absolute Gasteiger partial charge is 0.493 e. The molecule has 0 spiro atoms. The van der Waals surface area contributed by atoms with Crippen molar-refractivity contribution in [2.75, 3.05) is 32.8 Å². The van der Waals surface area contributed by atoms with Crippen LogP contribution in [0, 0.1) is 0 Å². The Hall–Kier alpha value is -2.89. The summed E-state index contributed by atoms with van der Waals surface area (Å²) in [5.74, 6) is 1.03. The van der Waals surface area contributed by atoms with Crippen LogP contribution in [0.1, 0.15) is 15.9 Å². The highest BCUT2D eigenvalue weighted by atomic mass is 16.5. The molecule has 0 saturated heterocycles. The molecule has 2 aromatic rings. The number of carbonyl (C=O) groups is 1. The van der Waals surface area contributed by atoms with E-state index in [2.05, 4.69) is 0 Å². The first-order chi connectivity index (χ1) is 10.5. The SMILES string of the molecule is COc1cc(C(=O)c2ccc(N)c(N)c2)cc(OC)c1OC. The van der Waals surface area contributed by atoms with E-state index in [1.165, 1.54) is 21.3 Å². The molecule has 0 aliphatic heterocycles. The van der Waals surface area contributed by atoms with Crippen LogP contribution in [0.3, 0.4) is 0 Å². The molecule has 6 heteroatoms. The van der Waals surface area contributed by atoms with E-state index in [-0.39, 0.29) is 5.78 Å². The number of rotatable bonds is 5. The third kappa shape index (κ3) is 2.76. The maximum absolute atomic E-state index is 12.6. The first kappa shape index (κ1) is 15.5. The van der Waals surface area contributed by atoms with Gasteiger partial charge in [-0.25, -0.2) is 0 Å². The van der Waals surface area contributed by atoms with Crippen LogP contribution in [0.5, 0.6) is 17.2 Å². The summed E-state index contributed by atoms with van der Waals surface area (Å²) in [5.41, 5.74) is 13.0. The molecule has 0 radical (unpaired) electrons. The van der Waals surface area contributed by atoms with Gasteiger partial charge in [0.15, 0.2) is 17.3 Å². The fourth-order valence-electron chi connectivity index (χ4n) is 2.09. The number of anilines is 2. The fraction of sp³-hybridized carbons (Fsp3) is 0.188. The topological polar surface area (TPSA) is 96.8 Å². The normalized spacial score (nSPS) is 10.1. The van der Waals surface area contributed by atoms with Crippen LogP contribution in [0.25, 0.3) is 0 Å². The van der Waals surface area contributed by atoms with E-state index in [4.69, 9.17) is 25.7 Å². The molecule has 0 unspecified atom stereocenters. The standard InChI is InChI=1S/C16H18N2O4/c1-20-13-7-10(8-14(21-2)16(13)22-3)15(19)9-4-5-11(17)12(18)6-9/h4-8H,17-18H2,1-3H3. The molecule has 6 nitrogen and oxygen atoms in total. The van der Waals surface area contributed by atoms with Gasteiger partial charge in [-0.2, -0.15) is 0 Å². The molecule has 0 bridgehead atoms. The molecular formula is C16H18N2O4. The Morgan fingerprint density at radius 1 is 0.818 bits per heavy atom. The Morgan fingerprint density at radius 2 is 1.41 bits per heavy atom. The van der Waals surface area contributed by atoms with E-state index in [1.54, 1.807) is 30.3 Å². The van der Waals surface area contributed by atoms with Crippen molar-refractivity contribution in [3.63, 3.8) is 0 Å². The number of carbonyl (C=O) groups excluding carboxylic acids is 1. The Morgan fingerprint density at radius 3 is 1.86 bits per heavy atom. The maximum atomic E-state index is 12.6. The summed E-state index contributed by atoms with van der Waals surface area (Å²) in [6, 6.07) is 7.95. The Labute approximate surface area is 128 Å². The van der Waals surface area contributed by atoms with Crippen LogP contribution in [-0.2, 0) is 0 Å². The second-order valence-corrected chi connectivity index (χ2v) is 4.59. The van der Waals surface area contributed by atoms with Crippen LogP contribution in [0.4, 0.5) is 11.4 Å². The molecule has 22 heavy (non-hydrogen) atoms. The summed E-state index contributed by atoms with van der Waals surface area (Å²) in [4.78, 5) is 12.6. The van der Waals surface area contributed by atoms with Gasteiger partial charge in [0, 0.05) is 11.1 Å². The zero-order chi connectivity index (χ0) is 16.3. The van der Waals surface area contributed by atoms with E-state index >= 15 is 0 Å². The number of ketones is 1. The molecule has 116 valence electrons. The van der Waals surface area contributed by atoms with Crippen LogP contribution in [0.15, 0.2) is 30.3 Å². The lowest BCUT2D eigenvalue weighted by Gasteiger charge is -2.14. The molecular weight excluding hydrogens is 284 g/mol. The number of methoxy groups -OCH3 is 3. The second-order valence-electron chi connectivity index (χ2n) is 4.59. The third-order valence-corrected chi connectivity index (χ3v) is 3.28. The number of nitrogens with two attached hydrogens (primary N) is 2. The van der Waals surface area contributed by atoms with Crippen LogP contribution in [0.2, 0.25) is 0 Å². The first-order valence-electron chi connectivity index (χ1n) is 6.51. The Kier molecular flexibility index (Phi) is 4.41. The minimum absolute atomic E-state index is 0.217. The number of hydrogen-bond acceptors (Lipinski definition) is 6. The molecule has 4 N–H and O–H groups in total. The summed E-state index contributed by atoms with van der Waals surface area (Å²) in [5, 5.41) is 0. The van der Waals surface area contributed by atoms with E-state index in [0.717, 1.165) is 0 Å². The second kappa shape index (κ2) is 6.26. The smallest absolute Gasteiger partial charge is 0.203 e. The fourth-order valence-corrected chi connectivity index (χ4v) is 2.09. The van der Waals surface area contributed by atoms with Gasteiger partial charge in [-0.05, 0) is 30.3 Å². The Bertz CT molecular complexity index is 688. The monoisotopic (exact) mass is 302 g/mol. The highest BCUT2D eigenvalue weighted by Crippen LogP contribution is 2.38. The van der Waals surface area contributed by atoms with Crippen LogP contribution in [-0.4, -0.2) is 27.1 Å². The van der Waals surface area contributed by atoms with Gasteiger partial charge >= 0.3 is 0 Å². The van der Waals surface area contributed by atoms with Crippen LogP contribution < -0.4 is 25.7 Å². The van der Waals surface area contributed by atoms with Crippen molar-refractivity contribution in [1.82, 2.24) is 0 Å². The zero-order valence-corrected chi connectivity index (χ0v) is 12.7. The minimum atomic E-state index is -0.217. The first-order valence-corrected chi connectivity index (χ1v) is 6.51. The predicted molar refractivity (Wildman–Crippen MR) is 84.8 cm³/mol. The number of ether oxygens (including phenoxy) is 3. The van der Waals surface area contributed by atoms with Gasteiger partial charge in [0.1, 0.15) is 0 Å². The predicted octanol–water partition coefficient (Wildman–Crippen LogP) is 2.11. The van der Waals surface area contributed by atoms with E-state index in [1.807, 2.05) is 0 Å². The third-order valence-electron chi connectivity index (χ3n) is 3.28. The highest BCUT2D eigenvalue weighted by molar-refractivity contribution is 6.10. The van der Waals surface area contributed by atoms with Gasteiger partial charge in [0.05, 0.1) is 32.7 Å². The van der Waals surface area contributed by atoms with Crippen molar-refractivity contribution in [2.45, 2.75) is 0 Å². The number of hydrogen-bond donors (Lipinski definition) is 2. The van der Waals surface area contributed by atoms with Crippen molar-refractivity contribution in [3.05, 3.63) is 41.5 Å². The average molecular weight is 302 g/mol. The van der Waals surface area contributed by atoms with Crippen molar-refractivity contribution >= 4 is 17.2 Å². The van der Waals surface area contributed by atoms with Crippen LogP contribution >= 0.6 is 0 Å². The van der Waals surface area contributed by atoms with Crippen molar-refractivity contribution in [1.29, 1.82) is 0 Å². The number of benzene rings is 2. The summed E-state index contributed by atoms with van der Waals surface area (Å²) < 4.78 is 15.7. The summed E-state index contributed by atoms with van der Waals surface area (Å²) in [7, 11) is 4.49. The van der Waals surface area contributed by atoms with E-state index < -0.39 is 0 Å². The molecule has 0 atom stereocenters. The molecule has 0 aliphatic carbocycles. The van der Waals surface area contributed by atoms with Gasteiger partial charge in [0.25, 0.3) is 0 Å². The lowest BCUT2D eigenvalue weighted by molar-refractivity contribution is 0.103. The van der Waals surface area contributed by atoms with Crippen molar-refractivity contribution in [2.24, 2.45) is 0 Å². The van der Waals surface area contributed by atoms with Gasteiger partial charge < -0.3 is 25.7 Å². The molecule has 0 saturated carbocycles. The minimum Gasteiger partial charge on any atom is -0.493 e. The van der Waals surface area contributed by atoms with Gasteiger partial charge in [-0.3, -0.25) is 4.79 Å². The molecule has 0 heterocycles. The van der Waals surface area contributed by atoms with Gasteiger partial charge in [0.2, 0.25) is 5.75 Å². The summed E-state index contributed by atoms with van der Waals surface area (Å²) >= 11 is 0. The zero-order valence-electron chi connectivity index (χ0n) is 12.7. The summed E-state index contributed by atoms with van der Waals surface area (Å²) in [6.07, 6.45) is 0. The highest BCUT2D eigenvalue weighted by Gasteiger charge is 2.18. The molecule has 2 rings (SSSR count). The van der Waals surface area contributed by atoms with Crippen molar-refractivity contribution in [3.8, 4) is 17.2 Å². The van der Waals surface area contributed by atoms with Gasteiger partial charge in [-0.15, -0.1) is 0 Å². The molecule has 0 fully saturated rings. The molecule has 0 aromatic heterocycles. The van der Waals surface area contributed by atoms with Crippen molar-refractivity contribution < 1.29 is 19.0 Å². The average Bonchev–Trinajstić information content (AvgIpc) is 2.55. The number of nitrogen functional groups attached to an aromatic ring is 2. The van der Waals surface area contributed by atoms with E-state index in [0.29, 0.717) is 39.8 Å². The molecule has 0 amide bonds. The summed E-state index contributed by atoms with van der Waals surface area (Å²) in [6.45, 7) is 0. The molecule has 0 aliphatic rings. The van der Waals surface area contributed by atoms with E-state index in [9.17, 15) is 4.79 Å². The Balaban J connectivity index is 2.51.